The van der Waals surface area contributed by atoms with Gasteiger partial charge in [0.05, 0.1) is 6.20 Å². The zero-order valence-electron chi connectivity index (χ0n) is 9.64. The predicted molar refractivity (Wildman–Crippen MR) is 66.6 cm³/mol. The molecule has 0 aliphatic carbocycles. The van der Waals surface area contributed by atoms with Gasteiger partial charge in [0, 0.05) is 38.0 Å². The van der Waals surface area contributed by atoms with Gasteiger partial charge in [0.15, 0.2) is 0 Å². The lowest BCUT2D eigenvalue weighted by atomic mass is 10.3. The molecule has 0 aromatic carbocycles. The van der Waals surface area contributed by atoms with Crippen LogP contribution in [-0.4, -0.2) is 21.2 Å². The molecule has 2 N–H and O–H groups in total. The third kappa shape index (κ3) is 2.01. The molecule has 0 amide bonds. The highest BCUT2D eigenvalue weighted by Crippen LogP contribution is 2.29. The third-order valence-corrected chi connectivity index (χ3v) is 3.54. The Morgan fingerprint density at radius 3 is 2.81 bits per heavy atom. The van der Waals surface area contributed by atoms with Gasteiger partial charge < -0.3 is 10.6 Å². The van der Waals surface area contributed by atoms with Crippen molar-refractivity contribution in [3.8, 4) is 0 Å². The van der Waals surface area contributed by atoms with Gasteiger partial charge in [0.2, 0.25) is 0 Å². The Hall–Kier alpha value is -1.56. The first-order valence-corrected chi connectivity index (χ1v) is 5.75. The van der Waals surface area contributed by atoms with Crippen molar-refractivity contribution in [1.29, 1.82) is 0 Å². The van der Waals surface area contributed by atoms with Crippen LogP contribution in [0, 0.1) is 6.92 Å². The molecule has 0 saturated heterocycles. The number of aromatic nitrogens is 3. The molecular weight excluding hydrogens is 222 g/mol. The molecule has 2 heterocycles. The van der Waals surface area contributed by atoms with E-state index in [1.165, 1.54) is 17.1 Å². The summed E-state index contributed by atoms with van der Waals surface area (Å²) in [6, 6.07) is 0. The molecule has 5 nitrogen and oxygen atoms in total. The molecule has 86 valence electrons. The quantitative estimate of drug-likeness (QED) is 0.876. The van der Waals surface area contributed by atoms with Gasteiger partial charge in [-0.15, -0.1) is 0 Å². The number of rotatable bonds is 3. The van der Waals surface area contributed by atoms with E-state index in [2.05, 4.69) is 14.4 Å². The first kappa shape index (κ1) is 10.9. The maximum absolute atomic E-state index is 5.73. The SMILES string of the molecule is Cc1c(N)nsc1N(C)Cc1cnn(C)c1. The first-order valence-electron chi connectivity index (χ1n) is 4.98. The van der Waals surface area contributed by atoms with E-state index in [1.807, 2.05) is 33.4 Å². The highest BCUT2D eigenvalue weighted by atomic mass is 32.1. The van der Waals surface area contributed by atoms with E-state index in [0.29, 0.717) is 5.82 Å². The highest BCUT2D eigenvalue weighted by molar-refractivity contribution is 7.10. The molecule has 0 unspecified atom stereocenters. The maximum atomic E-state index is 5.73. The van der Waals surface area contributed by atoms with Crippen molar-refractivity contribution in [3.63, 3.8) is 0 Å². The molecule has 2 rings (SSSR count). The normalized spacial score (nSPS) is 10.7. The van der Waals surface area contributed by atoms with Crippen LogP contribution in [0.2, 0.25) is 0 Å². The highest BCUT2D eigenvalue weighted by Gasteiger charge is 2.11. The standard InChI is InChI=1S/C10H15N5S/c1-7-9(11)13-16-10(7)14(2)5-8-4-12-15(3)6-8/h4,6H,5H2,1-3H3,(H2,11,13). The summed E-state index contributed by atoms with van der Waals surface area (Å²) >= 11 is 1.43. The van der Waals surface area contributed by atoms with E-state index < -0.39 is 0 Å². The molecule has 0 aliphatic rings. The zero-order valence-corrected chi connectivity index (χ0v) is 10.5. The van der Waals surface area contributed by atoms with Crippen molar-refractivity contribution in [1.82, 2.24) is 14.2 Å². The molecule has 0 bridgehead atoms. The largest absolute Gasteiger partial charge is 0.383 e. The van der Waals surface area contributed by atoms with Crippen molar-refractivity contribution in [3.05, 3.63) is 23.5 Å². The Kier molecular flexibility index (Phi) is 2.82. The lowest BCUT2D eigenvalue weighted by molar-refractivity contribution is 0.766. The minimum Gasteiger partial charge on any atom is -0.383 e. The molecule has 2 aromatic heterocycles. The predicted octanol–water partition coefficient (Wildman–Crippen LogP) is 1.40. The van der Waals surface area contributed by atoms with Crippen LogP contribution in [-0.2, 0) is 13.6 Å². The molecule has 16 heavy (non-hydrogen) atoms. The van der Waals surface area contributed by atoms with Crippen molar-refractivity contribution in [2.24, 2.45) is 7.05 Å². The van der Waals surface area contributed by atoms with E-state index in [1.54, 1.807) is 4.68 Å². The number of hydrogen-bond donors (Lipinski definition) is 1. The second-order valence-electron chi connectivity index (χ2n) is 3.88. The molecule has 0 aliphatic heterocycles. The van der Waals surface area contributed by atoms with Crippen molar-refractivity contribution in [2.75, 3.05) is 17.7 Å². The van der Waals surface area contributed by atoms with E-state index in [9.17, 15) is 0 Å². The van der Waals surface area contributed by atoms with Crippen molar-refractivity contribution in [2.45, 2.75) is 13.5 Å². The number of hydrogen-bond acceptors (Lipinski definition) is 5. The van der Waals surface area contributed by atoms with Crippen LogP contribution in [0.15, 0.2) is 12.4 Å². The number of aryl methyl sites for hydroxylation is 1. The van der Waals surface area contributed by atoms with Gasteiger partial charge >= 0.3 is 0 Å². The van der Waals surface area contributed by atoms with Gasteiger partial charge in [-0.3, -0.25) is 4.68 Å². The minimum absolute atomic E-state index is 0.623. The fraction of sp³-hybridized carbons (Fsp3) is 0.400. The van der Waals surface area contributed by atoms with Crippen molar-refractivity contribution >= 4 is 22.4 Å². The van der Waals surface area contributed by atoms with E-state index in [-0.39, 0.29) is 0 Å². The molecule has 2 aromatic rings. The Labute approximate surface area is 98.7 Å². The third-order valence-electron chi connectivity index (χ3n) is 2.46. The number of anilines is 2. The van der Waals surface area contributed by atoms with E-state index in [0.717, 1.165) is 17.1 Å². The lowest BCUT2D eigenvalue weighted by Crippen LogP contribution is -2.15. The number of nitrogens with two attached hydrogens (primary N) is 1. The zero-order chi connectivity index (χ0) is 11.7. The van der Waals surface area contributed by atoms with E-state index in [4.69, 9.17) is 5.73 Å². The summed E-state index contributed by atoms with van der Waals surface area (Å²) in [4.78, 5) is 2.14. The molecule has 0 fully saturated rings. The van der Waals surface area contributed by atoms with Gasteiger partial charge in [-0.05, 0) is 18.5 Å². The van der Waals surface area contributed by atoms with Gasteiger partial charge in [-0.1, -0.05) is 0 Å². The molecule has 0 radical (unpaired) electrons. The Morgan fingerprint density at radius 1 is 1.56 bits per heavy atom. The molecule has 0 spiro atoms. The lowest BCUT2D eigenvalue weighted by Gasteiger charge is -2.16. The summed E-state index contributed by atoms with van der Waals surface area (Å²) in [5.74, 6) is 0.623. The molecule has 6 heteroatoms. The number of nitrogen functional groups attached to an aromatic ring is 1. The fourth-order valence-electron chi connectivity index (χ4n) is 1.59. The molecule has 0 saturated carbocycles. The van der Waals surface area contributed by atoms with Crippen LogP contribution in [0.4, 0.5) is 10.8 Å². The van der Waals surface area contributed by atoms with Crippen LogP contribution in [0.5, 0.6) is 0 Å². The molecule has 0 atom stereocenters. The second-order valence-corrected chi connectivity index (χ2v) is 4.63. The first-order chi connectivity index (χ1) is 7.58. The Bertz CT molecular complexity index is 487. The smallest absolute Gasteiger partial charge is 0.142 e. The van der Waals surface area contributed by atoms with Crippen LogP contribution >= 0.6 is 11.5 Å². The van der Waals surface area contributed by atoms with Crippen LogP contribution in [0.3, 0.4) is 0 Å². The van der Waals surface area contributed by atoms with Crippen LogP contribution in [0.1, 0.15) is 11.1 Å². The topological polar surface area (TPSA) is 60.0 Å². The van der Waals surface area contributed by atoms with E-state index >= 15 is 0 Å². The Morgan fingerprint density at radius 2 is 2.31 bits per heavy atom. The summed E-state index contributed by atoms with van der Waals surface area (Å²) in [6.07, 6.45) is 3.88. The summed E-state index contributed by atoms with van der Waals surface area (Å²) in [5.41, 5.74) is 7.96. The van der Waals surface area contributed by atoms with Gasteiger partial charge in [-0.25, -0.2) is 0 Å². The van der Waals surface area contributed by atoms with Crippen molar-refractivity contribution < 1.29 is 0 Å². The molecular formula is C10H15N5S. The fourth-order valence-corrected chi connectivity index (χ4v) is 2.36. The average molecular weight is 237 g/mol. The van der Waals surface area contributed by atoms with Crippen LogP contribution in [0.25, 0.3) is 0 Å². The monoisotopic (exact) mass is 237 g/mol. The summed E-state index contributed by atoms with van der Waals surface area (Å²) in [6.45, 7) is 2.81. The number of nitrogens with zero attached hydrogens (tertiary/aromatic N) is 4. The Balaban J connectivity index is 2.14. The summed E-state index contributed by atoms with van der Waals surface area (Å²) in [7, 11) is 3.95. The second kappa shape index (κ2) is 4.13. The van der Waals surface area contributed by atoms with Gasteiger partial charge in [0.1, 0.15) is 10.8 Å². The maximum Gasteiger partial charge on any atom is 0.142 e. The summed E-state index contributed by atoms with van der Waals surface area (Å²) in [5, 5.41) is 5.26. The van der Waals surface area contributed by atoms with Crippen LogP contribution < -0.4 is 10.6 Å². The van der Waals surface area contributed by atoms with Gasteiger partial charge in [-0.2, -0.15) is 9.47 Å². The average Bonchev–Trinajstić information content (AvgIpc) is 2.76. The van der Waals surface area contributed by atoms with Gasteiger partial charge in [0.25, 0.3) is 0 Å². The summed E-state index contributed by atoms with van der Waals surface area (Å²) < 4.78 is 5.94. The minimum atomic E-state index is 0.623.